The average Bonchev–Trinajstić information content (AvgIpc) is 2.39. The lowest BCUT2D eigenvalue weighted by Crippen LogP contribution is -2.14. The lowest BCUT2D eigenvalue weighted by atomic mass is 10.1. The van der Waals surface area contributed by atoms with Crippen LogP contribution in [0.25, 0.3) is 0 Å². The molecule has 6 heteroatoms. The summed E-state index contributed by atoms with van der Waals surface area (Å²) in [5.74, 6) is -1.60. The normalized spacial score (nSPS) is 10.0. The molecule has 0 aliphatic rings. The number of hydrogen-bond donors (Lipinski definition) is 3. The Morgan fingerprint density at radius 3 is 2.00 bits per heavy atom. The fraction of sp³-hybridized carbons (Fsp3) is 0. The van der Waals surface area contributed by atoms with Crippen molar-refractivity contribution in [2.45, 2.75) is 0 Å². The molecule has 0 heterocycles. The summed E-state index contributed by atoms with van der Waals surface area (Å²) in [5, 5.41) is 0. The van der Waals surface area contributed by atoms with Crippen LogP contribution in [0.15, 0.2) is 42.5 Å². The van der Waals surface area contributed by atoms with Crippen LogP contribution in [-0.4, -0.2) is 11.9 Å². The van der Waals surface area contributed by atoms with Gasteiger partial charge in [0.25, 0.3) is 0 Å². The second kappa shape index (κ2) is 5.31. The molecule has 2 aromatic carbocycles. The number of nitrogen functional groups attached to an aromatic ring is 3. The van der Waals surface area contributed by atoms with Crippen molar-refractivity contribution in [3.63, 3.8) is 0 Å². The number of ether oxygens (including phenoxy) is 1. The van der Waals surface area contributed by atoms with Crippen molar-refractivity contribution in [1.82, 2.24) is 0 Å². The molecule has 0 saturated carbocycles. The van der Waals surface area contributed by atoms with E-state index in [1.165, 1.54) is 30.3 Å². The maximum absolute atomic E-state index is 11.8. The zero-order chi connectivity index (χ0) is 14.7. The van der Waals surface area contributed by atoms with Crippen molar-refractivity contribution in [2.75, 3.05) is 17.2 Å². The van der Waals surface area contributed by atoms with E-state index in [1.807, 2.05) is 0 Å². The molecule has 2 rings (SSSR count). The molecule has 0 saturated heterocycles. The highest BCUT2D eigenvalue weighted by Gasteiger charge is 2.17. The van der Waals surface area contributed by atoms with Crippen molar-refractivity contribution < 1.29 is 14.3 Å². The summed E-state index contributed by atoms with van der Waals surface area (Å²) in [5.41, 5.74) is 18.1. The van der Waals surface area contributed by atoms with Crippen LogP contribution in [0.2, 0.25) is 0 Å². The molecule has 0 aliphatic heterocycles. The first kappa shape index (κ1) is 13.4. The molecule has 0 fully saturated rings. The van der Waals surface area contributed by atoms with Crippen molar-refractivity contribution in [3.8, 4) is 0 Å². The Morgan fingerprint density at radius 2 is 1.40 bits per heavy atom. The molecule has 0 atom stereocenters. The van der Waals surface area contributed by atoms with Gasteiger partial charge in [-0.1, -0.05) is 0 Å². The van der Waals surface area contributed by atoms with E-state index < -0.39 is 11.9 Å². The van der Waals surface area contributed by atoms with Crippen LogP contribution in [0, 0.1) is 0 Å². The molecule has 0 spiro atoms. The highest BCUT2D eigenvalue weighted by Crippen LogP contribution is 2.17. The van der Waals surface area contributed by atoms with Gasteiger partial charge < -0.3 is 21.9 Å². The van der Waals surface area contributed by atoms with Gasteiger partial charge in [0.1, 0.15) is 0 Å². The zero-order valence-corrected chi connectivity index (χ0v) is 10.5. The minimum absolute atomic E-state index is 0.0861. The molecule has 0 amide bonds. The van der Waals surface area contributed by atoms with Gasteiger partial charge in [0.05, 0.1) is 11.1 Å². The maximum Gasteiger partial charge on any atom is 0.348 e. The zero-order valence-electron chi connectivity index (χ0n) is 10.5. The Kier molecular flexibility index (Phi) is 3.56. The number of hydrogen-bond acceptors (Lipinski definition) is 6. The van der Waals surface area contributed by atoms with E-state index in [0.717, 1.165) is 0 Å². The first-order chi connectivity index (χ1) is 9.47. The van der Waals surface area contributed by atoms with Gasteiger partial charge in [0, 0.05) is 17.1 Å². The SMILES string of the molecule is Nc1ccc(C(=O)OC(=O)c2ccc(N)cc2N)cc1. The predicted molar refractivity (Wildman–Crippen MR) is 75.9 cm³/mol. The Hall–Kier alpha value is -3.02. The van der Waals surface area contributed by atoms with Gasteiger partial charge in [-0.25, -0.2) is 9.59 Å². The summed E-state index contributed by atoms with van der Waals surface area (Å²) in [6, 6.07) is 10.3. The van der Waals surface area contributed by atoms with Crippen molar-refractivity contribution >= 4 is 29.0 Å². The highest BCUT2D eigenvalue weighted by atomic mass is 16.6. The summed E-state index contributed by atoms with van der Waals surface area (Å²) in [6.45, 7) is 0. The number of nitrogens with two attached hydrogens (primary N) is 3. The number of anilines is 3. The summed E-state index contributed by atoms with van der Waals surface area (Å²) < 4.78 is 4.74. The van der Waals surface area contributed by atoms with Gasteiger partial charge >= 0.3 is 11.9 Å². The number of carbonyl (C=O) groups excluding carboxylic acids is 2. The quantitative estimate of drug-likeness (QED) is 0.431. The number of esters is 2. The Balaban J connectivity index is 2.15. The lowest BCUT2D eigenvalue weighted by Gasteiger charge is -2.06. The number of rotatable bonds is 2. The van der Waals surface area contributed by atoms with E-state index >= 15 is 0 Å². The smallest absolute Gasteiger partial charge is 0.348 e. The second-order valence-corrected chi connectivity index (χ2v) is 4.15. The van der Waals surface area contributed by atoms with Crippen LogP contribution >= 0.6 is 0 Å². The molecular formula is C14H13N3O3. The summed E-state index contributed by atoms with van der Waals surface area (Å²) in [4.78, 5) is 23.6. The molecule has 0 bridgehead atoms. The van der Waals surface area contributed by atoms with Gasteiger partial charge in [0.15, 0.2) is 0 Å². The van der Waals surface area contributed by atoms with E-state index in [1.54, 1.807) is 12.1 Å². The van der Waals surface area contributed by atoms with Crippen LogP contribution in [0.4, 0.5) is 17.1 Å². The van der Waals surface area contributed by atoms with Gasteiger partial charge in [-0.05, 0) is 42.5 Å². The second-order valence-electron chi connectivity index (χ2n) is 4.15. The molecule has 6 N–H and O–H groups in total. The number of benzene rings is 2. The topological polar surface area (TPSA) is 121 Å². The monoisotopic (exact) mass is 271 g/mol. The lowest BCUT2D eigenvalue weighted by molar-refractivity contribution is 0.0398. The standard InChI is InChI=1S/C14H13N3O3/c15-9-3-1-8(2-4-9)13(18)20-14(19)11-6-5-10(16)7-12(11)17/h1-7H,15-17H2. The van der Waals surface area contributed by atoms with Gasteiger partial charge in [-0.15, -0.1) is 0 Å². The third kappa shape index (κ3) is 2.86. The Morgan fingerprint density at radius 1 is 0.800 bits per heavy atom. The molecule has 0 aliphatic carbocycles. The van der Waals surface area contributed by atoms with Crippen LogP contribution in [0.1, 0.15) is 20.7 Å². The Bertz CT molecular complexity index is 666. The fourth-order valence-electron chi connectivity index (χ4n) is 1.58. The van der Waals surface area contributed by atoms with Crippen LogP contribution in [0.5, 0.6) is 0 Å². The first-order valence-corrected chi connectivity index (χ1v) is 5.74. The summed E-state index contributed by atoms with van der Waals surface area (Å²) >= 11 is 0. The molecular weight excluding hydrogens is 258 g/mol. The molecule has 20 heavy (non-hydrogen) atoms. The predicted octanol–water partition coefficient (Wildman–Crippen LogP) is 1.43. The van der Waals surface area contributed by atoms with E-state index in [2.05, 4.69) is 0 Å². The Labute approximate surface area is 115 Å². The maximum atomic E-state index is 11.8. The molecule has 0 aromatic heterocycles. The molecule has 6 nitrogen and oxygen atoms in total. The summed E-state index contributed by atoms with van der Waals surface area (Å²) in [6.07, 6.45) is 0. The van der Waals surface area contributed by atoms with Crippen LogP contribution in [-0.2, 0) is 4.74 Å². The van der Waals surface area contributed by atoms with Crippen LogP contribution < -0.4 is 17.2 Å². The first-order valence-electron chi connectivity index (χ1n) is 5.74. The molecule has 0 unspecified atom stereocenters. The molecule has 102 valence electrons. The highest BCUT2D eigenvalue weighted by molar-refractivity contribution is 6.05. The fourth-order valence-corrected chi connectivity index (χ4v) is 1.58. The van der Waals surface area contributed by atoms with E-state index in [4.69, 9.17) is 21.9 Å². The van der Waals surface area contributed by atoms with E-state index in [9.17, 15) is 9.59 Å². The van der Waals surface area contributed by atoms with Gasteiger partial charge in [-0.2, -0.15) is 0 Å². The minimum atomic E-state index is -0.829. The minimum Gasteiger partial charge on any atom is -0.399 e. The van der Waals surface area contributed by atoms with Gasteiger partial charge in [-0.3, -0.25) is 0 Å². The van der Waals surface area contributed by atoms with E-state index in [-0.39, 0.29) is 16.8 Å². The molecule has 0 radical (unpaired) electrons. The van der Waals surface area contributed by atoms with Crippen LogP contribution in [0.3, 0.4) is 0 Å². The number of carbonyl (C=O) groups is 2. The third-order valence-electron chi connectivity index (χ3n) is 2.63. The largest absolute Gasteiger partial charge is 0.399 e. The van der Waals surface area contributed by atoms with Crippen molar-refractivity contribution in [3.05, 3.63) is 53.6 Å². The van der Waals surface area contributed by atoms with E-state index in [0.29, 0.717) is 11.4 Å². The molecule has 2 aromatic rings. The van der Waals surface area contributed by atoms with Gasteiger partial charge in [0.2, 0.25) is 0 Å². The third-order valence-corrected chi connectivity index (χ3v) is 2.63. The van der Waals surface area contributed by atoms with Crippen molar-refractivity contribution in [2.24, 2.45) is 0 Å². The average molecular weight is 271 g/mol. The van der Waals surface area contributed by atoms with Crippen molar-refractivity contribution in [1.29, 1.82) is 0 Å². The summed E-state index contributed by atoms with van der Waals surface area (Å²) in [7, 11) is 0.